The van der Waals surface area contributed by atoms with E-state index in [0.717, 1.165) is 33.6 Å². The Kier molecular flexibility index (Phi) is 7.68. The van der Waals surface area contributed by atoms with Gasteiger partial charge in [-0.3, -0.25) is 28.9 Å². The Labute approximate surface area is 236 Å². The monoisotopic (exact) mass is 583 g/mol. The molecule has 40 heavy (non-hydrogen) atoms. The molecule has 13 heteroatoms. The fourth-order valence-electron chi connectivity index (χ4n) is 4.89. The first-order chi connectivity index (χ1) is 19.2. The van der Waals surface area contributed by atoms with Gasteiger partial charge in [-0.1, -0.05) is 41.3 Å². The number of thioether (sulfide) groups is 1. The maximum Gasteiger partial charge on any atom is 0.323 e. The molecular formula is C27H25N3O8S2. The zero-order valence-electron chi connectivity index (χ0n) is 21.5. The van der Waals surface area contributed by atoms with Gasteiger partial charge in [-0.15, -0.1) is 0 Å². The Morgan fingerprint density at radius 2 is 1.88 bits per heavy atom. The van der Waals surface area contributed by atoms with E-state index in [1.54, 1.807) is 31.2 Å². The fraction of sp³-hybridized carbons (Fsp3) is 0.296. The summed E-state index contributed by atoms with van der Waals surface area (Å²) in [5, 5.41) is 11.6. The lowest BCUT2D eigenvalue weighted by Gasteiger charge is -2.30. The summed E-state index contributed by atoms with van der Waals surface area (Å²) >= 11 is 2.01. The van der Waals surface area contributed by atoms with Crippen molar-refractivity contribution in [2.75, 3.05) is 25.1 Å². The minimum absolute atomic E-state index is 0.279. The number of nitrogens with zero attached hydrogens (tertiary/aromatic N) is 1. The van der Waals surface area contributed by atoms with Crippen LogP contribution in [-0.4, -0.2) is 63.7 Å². The van der Waals surface area contributed by atoms with Crippen LogP contribution in [0.25, 0.3) is 0 Å². The second-order valence-electron chi connectivity index (χ2n) is 9.25. The number of carboxylic acid groups (broad SMARTS) is 1. The molecule has 0 aliphatic carbocycles. The number of rotatable bonds is 9. The van der Waals surface area contributed by atoms with Crippen LogP contribution >= 0.6 is 23.1 Å². The molecule has 0 spiro atoms. The molecule has 3 aromatic rings. The summed E-state index contributed by atoms with van der Waals surface area (Å²) in [7, 11) is 0. The number of amides is 3. The van der Waals surface area contributed by atoms with Crippen molar-refractivity contribution in [1.29, 1.82) is 0 Å². The lowest BCUT2D eigenvalue weighted by Crippen LogP contribution is -2.36. The lowest BCUT2D eigenvalue weighted by molar-refractivity contribution is -0.149. The van der Waals surface area contributed by atoms with E-state index in [9.17, 15) is 29.1 Å². The molecule has 2 aliphatic rings. The van der Waals surface area contributed by atoms with Crippen LogP contribution in [0.1, 0.15) is 28.8 Å². The summed E-state index contributed by atoms with van der Waals surface area (Å²) in [5.74, 6) is -3.84. The van der Waals surface area contributed by atoms with Crippen LogP contribution in [-0.2, 0) is 19.2 Å². The van der Waals surface area contributed by atoms with Crippen LogP contribution in [0.4, 0.5) is 5.69 Å². The second-order valence-corrected chi connectivity index (χ2v) is 11.4. The number of anilines is 1. The van der Waals surface area contributed by atoms with Gasteiger partial charge in [-0.05, 0) is 49.2 Å². The number of H-pyrrole nitrogens is 1. The van der Waals surface area contributed by atoms with Gasteiger partial charge in [0.1, 0.15) is 11.8 Å². The number of carbonyl (C=O) groups excluding carboxylic acids is 3. The molecule has 3 N–H and O–H groups in total. The van der Waals surface area contributed by atoms with Crippen LogP contribution in [0.2, 0.25) is 0 Å². The number of carboxylic acids is 1. The third kappa shape index (κ3) is 5.34. The largest absolute Gasteiger partial charge is 0.490 e. The summed E-state index contributed by atoms with van der Waals surface area (Å²) < 4.78 is 11.6. The Bertz CT molecular complexity index is 1570. The lowest BCUT2D eigenvalue weighted by atomic mass is 9.83. The van der Waals surface area contributed by atoms with E-state index in [1.165, 1.54) is 0 Å². The molecule has 0 bridgehead atoms. The van der Waals surface area contributed by atoms with Gasteiger partial charge in [0.2, 0.25) is 11.8 Å². The topological polar surface area (TPSA) is 155 Å². The van der Waals surface area contributed by atoms with Crippen molar-refractivity contribution >= 4 is 52.5 Å². The van der Waals surface area contributed by atoms with Crippen molar-refractivity contribution in [1.82, 2.24) is 9.88 Å². The van der Waals surface area contributed by atoms with Crippen molar-refractivity contribution in [2.24, 2.45) is 5.92 Å². The van der Waals surface area contributed by atoms with Gasteiger partial charge in [-0.25, -0.2) is 0 Å². The minimum atomic E-state index is -1.29. The number of aromatic nitrogens is 1. The molecule has 2 unspecified atom stereocenters. The SMILES string of the molecule is CCOc1cc([C@@H]2c3sc(=O)[nH]c3SC3C(=O)N(CC(=O)O)C(=O)C32)ccc1OCC(=O)Nc1cccc(C)c1. The van der Waals surface area contributed by atoms with Gasteiger partial charge >= 0.3 is 10.8 Å². The highest BCUT2D eigenvalue weighted by Gasteiger charge is 2.56. The van der Waals surface area contributed by atoms with Crippen LogP contribution in [0.5, 0.6) is 11.5 Å². The van der Waals surface area contributed by atoms with Crippen molar-refractivity contribution < 1.29 is 33.8 Å². The number of fused-ring (bicyclic) bond motifs is 2. The van der Waals surface area contributed by atoms with Crippen LogP contribution in [0.3, 0.4) is 0 Å². The third-order valence-electron chi connectivity index (χ3n) is 6.50. The molecule has 5 rings (SSSR count). The average molecular weight is 584 g/mol. The second kappa shape index (κ2) is 11.2. The van der Waals surface area contributed by atoms with Gasteiger partial charge in [0.15, 0.2) is 18.1 Å². The molecule has 1 fully saturated rings. The minimum Gasteiger partial charge on any atom is -0.490 e. The van der Waals surface area contributed by atoms with Crippen molar-refractivity contribution in [3.05, 3.63) is 68.1 Å². The van der Waals surface area contributed by atoms with Gasteiger partial charge in [0.05, 0.1) is 17.6 Å². The molecule has 0 saturated carbocycles. The molecule has 3 atom stereocenters. The normalized spacial score (nSPS) is 19.6. The van der Waals surface area contributed by atoms with Crippen molar-refractivity contribution in [3.8, 4) is 11.5 Å². The van der Waals surface area contributed by atoms with E-state index in [1.807, 2.05) is 25.1 Å². The quantitative estimate of drug-likeness (QED) is 0.323. The van der Waals surface area contributed by atoms with Gasteiger partial charge < -0.3 is 24.9 Å². The molecule has 3 amide bonds. The molecule has 208 valence electrons. The third-order valence-corrected chi connectivity index (χ3v) is 8.90. The van der Waals surface area contributed by atoms with E-state index in [0.29, 0.717) is 32.7 Å². The number of thiazole rings is 1. The number of hydrogen-bond donors (Lipinski definition) is 3. The Morgan fingerprint density at radius 3 is 2.60 bits per heavy atom. The summed E-state index contributed by atoms with van der Waals surface area (Å²) in [4.78, 5) is 66.3. The molecule has 1 saturated heterocycles. The zero-order valence-corrected chi connectivity index (χ0v) is 23.1. The molecule has 11 nitrogen and oxygen atoms in total. The summed E-state index contributed by atoms with van der Waals surface area (Å²) in [6, 6.07) is 12.3. The molecular weight excluding hydrogens is 558 g/mol. The maximum atomic E-state index is 13.4. The van der Waals surface area contributed by atoms with Crippen LogP contribution in [0, 0.1) is 12.8 Å². The van der Waals surface area contributed by atoms with Gasteiger partial charge in [0.25, 0.3) is 5.91 Å². The fourth-order valence-corrected chi connectivity index (χ4v) is 7.43. The van der Waals surface area contributed by atoms with E-state index in [2.05, 4.69) is 10.3 Å². The van der Waals surface area contributed by atoms with E-state index in [-0.39, 0.29) is 24.0 Å². The first-order valence-electron chi connectivity index (χ1n) is 12.4. The Balaban J connectivity index is 1.44. The standard InChI is InChI=1S/C27H25N3O8S2/c1-3-37-17-10-14(7-8-16(17)38-12-18(31)28-15-6-4-5-13(2)9-15)20-21-23(39-24-22(20)40-27(36)29-24)26(35)30(25(21)34)11-19(32)33/h4-10,20-21,23H,3,11-12H2,1-2H3,(H,28,31)(H,29,36)(H,32,33)/t20-,21?,23?/m0/s1. The Morgan fingerprint density at radius 1 is 1.07 bits per heavy atom. The number of nitrogens with one attached hydrogen (secondary N) is 2. The number of hydrogen-bond acceptors (Lipinski definition) is 9. The van der Waals surface area contributed by atoms with Crippen LogP contribution in [0.15, 0.2) is 52.3 Å². The Hall–Kier alpha value is -4.10. The number of imide groups is 1. The van der Waals surface area contributed by atoms with Crippen molar-refractivity contribution in [3.63, 3.8) is 0 Å². The number of aliphatic carboxylic acids is 1. The molecule has 2 aromatic carbocycles. The molecule has 0 radical (unpaired) electrons. The zero-order chi connectivity index (χ0) is 28.6. The first kappa shape index (κ1) is 27.5. The summed E-state index contributed by atoms with van der Waals surface area (Å²) in [6.07, 6.45) is 0. The van der Waals surface area contributed by atoms with Crippen LogP contribution < -0.4 is 19.7 Å². The maximum absolute atomic E-state index is 13.4. The highest BCUT2D eigenvalue weighted by atomic mass is 32.2. The van der Waals surface area contributed by atoms with E-state index < -0.39 is 41.4 Å². The first-order valence-corrected chi connectivity index (χ1v) is 14.1. The van der Waals surface area contributed by atoms with E-state index in [4.69, 9.17) is 9.47 Å². The summed E-state index contributed by atoms with van der Waals surface area (Å²) in [6.45, 7) is 2.98. The number of aryl methyl sites for hydroxylation is 1. The highest BCUT2D eigenvalue weighted by molar-refractivity contribution is 8.00. The number of likely N-dealkylation sites (tertiary alicyclic amines) is 1. The number of aromatic amines is 1. The highest BCUT2D eigenvalue weighted by Crippen LogP contribution is 2.53. The average Bonchev–Trinajstić information content (AvgIpc) is 3.38. The number of carbonyl (C=O) groups is 4. The van der Waals surface area contributed by atoms with Gasteiger partial charge in [-0.2, -0.15) is 0 Å². The summed E-state index contributed by atoms with van der Waals surface area (Å²) in [5.41, 5.74) is 2.23. The predicted molar refractivity (Wildman–Crippen MR) is 147 cm³/mol. The number of benzene rings is 2. The van der Waals surface area contributed by atoms with Crippen molar-refractivity contribution in [2.45, 2.75) is 30.0 Å². The molecule has 2 aliphatic heterocycles. The molecule has 1 aromatic heterocycles. The molecule has 3 heterocycles. The van der Waals surface area contributed by atoms with Gasteiger partial charge in [0, 0.05) is 16.5 Å². The smallest absolute Gasteiger partial charge is 0.323 e. The van der Waals surface area contributed by atoms with E-state index >= 15 is 0 Å². The predicted octanol–water partition coefficient (Wildman–Crippen LogP) is 2.84. The number of ether oxygens (including phenoxy) is 2.